The van der Waals surface area contributed by atoms with Gasteiger partial charge in [0.05, 0.1) is 29.1 Å². The number of ether oxygens (including phenoxy) is 2. The minimum Gasteiger partial charge on any atom is -0.490 e. The van der Waals surface area contributed by atoms with Gasteiger partial charge < -0.3 is 9.47 Å². The van der Waals surface area contributed by atoms with E-state index in [9.17, 15) is 9.59 Å². The Hall–Kier alpha value is -2.93. The summed E-state index contributed by atoms with van der Waals surface area (Å²) in [7, 11) is 0. The van der Waals surface area contributed by atoms with E-state index in [1.165, 1.54) is 0 Å². The third kappa shape index (κ3) is 3.49. The van der Waals surface area contributed by atoms with Gasteiger partial charge in [0, 0.05) is 0 Å². The Morgan fingerprint density at radius 3 is 2.35 bits per heavy atom. The van der Waals surface area contributed by atoms with Crippen LogP contribution in [0.4, 0.5) is 0 Å². The smallest absolute Gasteiger partial charge is 0.254 e. The van der Waals surface area contributed by atoms with E-state index >= 15 is 0 Å². The van der Waals surface area contributed by atoms with Crippen molar-refractivity contribution >= 4 is 34.0 Å². The van der Waals surface area contributed by atoms with Gasteiger partial charge in [0.25, 0.3) is 11.8 Å². The third-order valence-electron chi connectivity index (χ3n) is 7.52. The fourth-order valence-electron chi connectivity index (χ4n) is 5.97. The molecule has 7 heteroatoms. The van der Waals surface area contributed by atoms with Gasteiger partial charge in [0.2, 0.25) is 0 Å². The third-order valence-corrected chi connectivity index (χ3v) is 8.11. The van der Waals surface area contributed by atoms with E-state index in [0.29, 0.717) is 46.6 Å². The second kappa shape index (κ2) is 8.38. The van der Waals surface area contributed by atoms with E-state index < -0.39 is 0 Å². The van der Waals surface area contributed by atoms with Gasteiger partial charge in [-0.3, -0.25) is 9.59 Å². The first kappa shape index (κ1) is 21.6. The number of halogens is 1. The fraction of sp³-hybridized carbons (Fsp3) is 0.370. The molecule has 2 amide bonds. The topological polar surface area (TPSA) is 68.2 Å². The van der Waals surface area contributed by atoms with Gasteiger partial charge in [0.15, 0.2) is 11.5 Å². The summed E-state index contributed by atoms with van der Waals surface area (Å²) >= 11 is 3.58. The molecule has 2 saturated carbocycles. The average molecular weight is 521 g/mol. The molecule has 34 heavy (non-hydrogen) atoms. The van der Waals surface area contributed by atoms with Crippen LogP contribution in [0.5, 0.6) is 11.5 Å². The second-order valence-electron chi connectivity index (χ2n) is 9.42. The number of allylic oxidation sites excluding steroid dienone is 2. The number of imide groups is 1. The van der Waals surface area contributed by atoms with E-state index in [1.807, 2.05) is 49.4 Å². The zero-order valence-corrected chi connectivity index (χ0v) is 20.4. The molecule has 1 aliphatic heterocycles. The van der Waals surface area contributed by atoms with Crippen LogP contribution in [-0.2, 0) is 16.2 Å². The van der Waals surface area contributed by atoms with Crippen molar-refractivity contribution in [2.45, 2.75) is 20.0 Å². The molecular weight excluding hydrogens is 496 g/mol. The van der Waals surface area contributed by atoms with Crippen LogP contribution >= 0.6 is 15.9 Å². The van der Waals surface area contributed by atoms with Gasteiger partial charge in [-0.2, -0.15) is 10.1 Å². The van der Waals surface area contributed by atoms with Gasteiger partial charge in [-0.1, -0.05) is 42.5 Å². The molecular formula is C27H25BrN2O4. The monoisotopic (exact) mass is 520 g/mol. The highest BCUT2D eigenvalue weighted by Gasteiger charge is 2.67. The van der Waals surface area contributed by atoms with Crippen molar-refractivity contribution in [3.63, 3.8) is 0 Å². The first-order valence-corrected chi connectivity index (χ1v) is 12.6. The van der Waals surface area contributed by atoms with Crippen molar-refractivity contribution in [3.8, 4) is 11.5 Å². The van der Waals surface area contributed by atoms with E-state index in [1.54, 1.807) is 6.21 Å². The first-order valence-electron chi connectivity index (χ1n) is 11.8. The van der Waals surface area contributed by atoms with Crippen molar-refractivity contribution < 1.29 is 19.1 Å². The second-order valence-corrected chi connectivity index (χ2v) is 10.3. The van der Waals surface area contributed by atoms with Crippen molar-refractivity contribution in [1.29, 1.82) is 0 Å². The van der Waals surface area contributed by atoms with Crippen LogP contribution < -0.4 is 9.47 Å². The largest absolute Gasteiger partial charge is 0.490 e. The summed E-state index contributed by atoms with van der Waals surface area (Å²) in [5.74, 6) is 1.88. The Balaban J connectivity index is 1.22. The lowest BCUT2D eigenvalue weighted by Gasteiger charge is -2.37. The van der Waals surface area contributed by atoms with Crippen LogP contribution in [0.3, 0.4) is 0 Å². The standard InChI is InChI=1S/C27H25BrN2O4/c1-2-33-22-11-16(10-21(28)25(22)34-14-15-6-4-3-5-7-15)13-29-30-26(31)23-17-8-9-18(20-12-19(17)20)24(23)27(30)32/h3-11,13,17-20,23-24H,2,12,14H2,1H3/t17-,18-,19-,20+,23+,24+/m0/s1. The van der Waals surface area contributed by atoms with Crippen LogP contribution in [0.25, 0.3) is 0 Å². The molecule has 4 aliphatic carbocycles. The molecule has 0 aromatic heterocycles. The summed E-state index contributed by atoms with van der Waals surface area (Å²) in [6.07, 6.45) is 7.03. The van der Waals surface area contributed by atoms with E-state index in [2.05, 4.69) is 33.2 Å². The molecule has 1 saturated heterocycles. The summed E-state index contributed by atoms with van der Waals surface area (Å²) in [5, 5.41) is 5.44. The minimum atomic E-state index is -0.247. The maximum atomic E-state index is 13.1. The maximum Gasteiger partial charge on any atom is 0.254 e. The van der Waals surface area contributed by atoms with Gasteiger partial charge in [-0.15, -0.1) is 0 Å². The van der Waals surface area contributed by atoms with Gasteiger partial charge in [0.1, 0.15) is 6.61 Å². The quantitative estimate of drug-likeness (QED) is 0.298. The fourth-order valence-corrected chi connectivity index (χ4v) is 6.55. The Bertz CT molecular complexity index is 1170. The van der Waals surface area contributed by atoms with Gasteiger partial charge in [-0.05, 0) is 76.2 Å². The number of benzene rings is 2. The molecule has 0 radical (unpaired) electrons. The Labute approximate surface area is 206 Å². The van der Waals surface area contributed by atoms with E-state index in [4.69, 9.17) is 9.47 Å². The van der Waals surface area contributed by atoms with Crippen LogP contribution in [-0.4, -0.2) is 29.6 Å². The predicted molar refractivity (Wildman–Crippen MR) is 130 cm³/mol. The summed E-state index contributed by atoms with van der Waals surface area (Å²) < 4.78 is 12.6. The number of amides is 2. The summed E-state index contributed by atoms with van der Waals surface area (Å²) in [4.78, 5) is 26.3. The number of rotatable bonds is 7. The maximum absolute atomic E-state index is 13.1. The Morgan fingerprint density at radius 1 is 1.03 bits per heavy atom. The SMILES string of the molecule is CCOc1cc(C=NN2C(=O)[C@@H]3[C@H]4C=C[C@@H]([C@@H]5C[C@H]45)[C@H]3C2=O)cc(Br)c1OCc1ccccc1. The molecule has 5 aliphatic rings. The molecule has 174 valence electrons. The van der Waals surface area contributed by atoms with E-state index in [-0.39, 0.29) is 35.5 Å². The number of nitrogens with zero attached hydrogens (tertiary/aromatic N) is 2. The highest BCUT2D eigenvalue weighted by atomic mass is 79.9. The van der Waals surface area contributed by atoms with Gasteiger partial charge in [-0.25, -0.2) is 0 Å². The Kier molecular flexibility index (Phi) is 5.32. The molecule has 0 N–H and O–H groups in total. The summed E-state index contributed by atoms with van der Waals surface area (Å²) in [6, 6.07) is 13.6. The lowest BCUT2D eigenvalue weighted by molar-refractivity contribution is -0.140. The summed E-state index contributed by atoms with van der Waals surface area (Å²) in [6.45, 7) is 2.79. The van der Waals surface area contributed by atoms with Crippen molar-refractivity contribution in [1.82, 2.24) is 5.01 Å². The number of hydrogen-bond donors (Lipinski definition) is 0. The molecule has 6 nitrogen and oxygen atoms in total. The molecule has 2 aromatic carbocycles. The number of carbonyl (C=O) groups is 2. The van der Waals surface area contributed by atoms with E-state index in [0.717, 1.165) is 17.0 Å². The van der Waals surface area contributed by atoms with Crippen molar-refractivity contribution in [2.75, 3.05) is 6.61 Å². The predicted octanol–water partition coefficient (Wildman–Crippen LogP) is 4.81. The Morgan fingerprint density at radius 2 is 1.71 bits per heavy atom. The normalized spacial score (nSPS) is 30.6. The number of hydrogen-bond acceptors (Lipinski definition) is 5. The molecule has 2 bridgehead atoms. The molecule has 7 rings (SSSR count). The molecule has 1 heterocycles. The van der Waals surface area contributed by atoms with Gasteiger partial charge >= 0.3 is 0 Å². The summed E-state index contributed by atoms with van der Waals surface area (Å²) in [5.41, 5.74) is 1.76. The lowest BCUT2D eigenvalue weighted by atomic mass is 9.63. The van der Waals surface area contributed by atoms with Crippen molar-refractivity contribution in [3.05, 3.63) is 70.2 Å². The number of hydrazone groups is 1. The zero-order chi connectivity index (χ0) is 23.4. The van der Waals surface area contributed by atoms with Crippen LogP contribution in [0.15, 0.2) is 64.2 Å². The highest BCUT2D eigenvalue weighted by Crippen LogP contribution is 2.65. The number of carbonyl (C=O) groups excluding carboxylic acids is 2. The molecule has 6 atom stereocenters. The van der Waals surface area contributed by atoms with Crippen LogP contribution in [0.1, 0.15) is 24.5 Å². The van der Waals surface area contributed by atoms with Crippen molar-refractivity contribution in [2.24, 2.45) is 40.6 Å². The molecule has 0 unspecified atom stereocenters. The minimum absolute atomic E-state index is 0.164. The van der Waals surface area contributed by atoms with Crippen LogP contribution in [0.2, 0.25) is 0 Å². The molecule has 0 spiro atoms. The highest BCUT2D eigenvalue weighted by molar-refractivity contribution is 9.10. The van der Waals surface area contributed by atoms with Crippen LogP contribution in [0, 0.1) is 35.5 Å². The average Bonchev–Trinajstić information content (AvgIpc) is 3.62. The lowest BCUT2D eigenvalue weighted by Crippen LogP contribution is -2.40. The zero-order valence-electron chi connectivity index (χ0n) is 18.8. The first-order chi connectivity index (χ1) is 16.6. The molecule has 2 aromatic rings. The molecule has 3 fully saturated rings.